The van der Waals surface area contributed by atoms with E-state index in [9.17, 15) is 0 Å². The fraction of sp³-hybridized carbons (Fsp3) is 0.333. The van der Waals surface area contributed by atoms with E-state index < -0.39 is 0 Å². The normalized spacial score (nSPS) is 13.5. The lowest BCUT2D eigenvalue weighted by atomic mass is 9.77. The van der Waals surface area contributed by atoms with Gasteiger partial charge in [0.2, 0.25) is 0 Å². The van der Waals surface area contributed by atoms with Gasteiger partial charge >= 0.3 is 0 Å². The fourth-order valence-electron chi connectivity index (χ4n) is 2.57. The molecule has 0 amide bonds. The Morgan fingerprint density at radius 2 is 1.71 bits per heavy atom. The zero-order chi connectivity index (χ0) is 15.3. The van der Waals surface area contributed by atoms with E-state index in [2.05, 4.69) is 19.1 Å². The molecule has 0 saturated carbocycles. The van der Waals surface area contributed by atoms with Gasteiger partial charge in [-0.3, -0.25) is 0 Å². The van der Waals surface area contributed by atoms with Gasteiger partial charge in [-0.1, -0.05) is 37.3 Å². The van der Waals surface area contributed by atoms with Crippen LogP contribution in [-0.2, 0) is 11.8 Å². The second-order valence-corrected chi connectivity index (χ2v) is 5.49. The van der Waals surface area contributed by atoms with Gasteiger partial charge in [-0.15, -0.1) is 0 Å². The molecule has 21 heavy (non-hydrogen) atoms. The van der Waals surface area contributed by atoms with Crippen LogP contribution in [0.1, 0.15) is 18.1 Å². The molecule has 3 heteroatoms. The third-order valence-electron chi connectivity index (χ3n) is 3.99. The molecular weight excluding hydrogens is 262 g/mol. The average Bonchev–Trinajstić information content (AvgIpc) is 2.55. The molecule has 0 aromatic heterocycles. The van der Waals surface area contributed by atoms with Gasteiger partial charge in [0.05, 0.1) is 14.2 Å². The van der Waals surface area contributed by atoms with Crippen LogP contribution in [0.3, 0.4) is 0 Å². The third-order valence-corrected chi connectivity index (χ3v) is 3.99. The minimum atomic E-state index is -0.138. The number of methoxy groups -OCH3 is 2. The van der Waals surface area contributed by atoms with E-state index in [1.54, 1.807) is 14.2 Å². The van der Waals surface area contributed by atoms with Gasteiger partial charge in [0, 0.05) is 12.0 Å². The summed E-state index contributed by atoms with van der Waals surface area (Å²) in [7, 11) is 3.36. The zero-order valence-electron chi connectivity index (χ0n) is 12.9. The molecule has 0 heterocycles. The Kier molecular flexibility index (Phi) is 4.86. The van der Waals surface area contributed by atoms with E-state index in [0.29, 0.717) is 6.54 Å². The molecule has 2 rings (SSSR count). The number of ether oxygens (including phenoxy) is 2. The van der Waals surface area contributed by atoms with E-state index in [4.69, 9.17) is 15.2 Å². The standard InChI is InChI=1S/C18H23NO2/c1-18(13-19,15-7-5-4-6-8-15)12-14-11-16(20-2)9-10-17(14)21-3/h4-11H,12-13,19H2,1-3H3. The molecule has 0 spiro atoms. The van der Waals surface area contributed by atoms with Gasteiger partial charge in [0.15, 0.2) is 0 Å². The summed E-state index contributed by atoms with van der Waals surface area (Å²) in [6.07, 6.45) is 0.799. The zero-order valence-corrected chi connectivity index (χ0v) is 12.9. The highest BCUT2D eigenvalue weighted by molar-refractivity contribution is 5.42. The van der Waals surface area contributed by atoms with Gasteiger partial charge in [-0.25, -0.2) is 0 Å². The van der Waals surface area contributed by atoms with Crippen molar-refractivity contribution in [1.82, 2.24) is 0 Å². The maximum absolute atomic E-state index is 6.08. The van der Waals surface area contributed by atoms with Gasteiger partial charge < -0.3 is 15.2 Å². The number of hydrogen-bond acceptors (Lipinski definition) is 3. The molecule has 112 valence electrons. The molecule has 0 fully saturated rings. The molecule has 2 aromatic carbocycles. The summed E-state index contributed by atoms with van der Waals surface area (Å²) >= 11 is 0. The maximum atomic E-state index is 6.08. The highest BCUT2D eigenvalue weighted by Gasteiger charge is 2.26. The van der Waals surface area contributed by atoms with Crippen molar-refractivity contribution >= 4 is 0 Å². The number of benzene rings is 2. The van der Waals surface area contributed by atoms with Crippen LogP contribution in [-0.4, -0.2) is 20.8 Å². The minimum Gasteiger partial charge on any atom is -0.497 e. The molecular formula is C18H23NO2. The van der Waals surface area contributed by atoms with E-state index >= 15 is 0 Å². The first-order valence-corrected chi connectivity index (χ1v) is 7.09. The molecule has 2 N–H and O–H groups in total. The Bertz CT molecular complexity index is 583. The Balaban J connectivity index is 2.38. The monoisotopic (exact) mass is 285 g/mol. The Morgan fingerprint density at radius 3 is 2.29 bits per heavy atom. The molecule has 0 aliphatic rings. The van der Waals surface area contributed by atoms with Crippen molar-refractivity contribution in [2.75, 3.05) is 20.8 Å². The van der Waals surface area contributed by atoms with E-state index in [1.807, 2.05) is 36.4 Å². The van der Waals surface area contributed by atoms with Gasteiger partial charge in [-0.05, 0) is 35.7 Å². The molecule has 2 aromatic rings. The molecule has 0 aliphatic carbocycles. The lowest BCUT2D eigenvalue weighted by Crippen LogP contribution is -2.34. The smallest absolute Gasteiger partial charge is 0.122 e. The van der Waals surface area contributed by atoms with Crippen LogP contribution >= 0.6 is 0 Å². The van der Waals surface area contributed by atoms with E-state index in [0.717, 1.165) is 23.5 Å². The first kappa shape index (κ1) is 15.4. The third kappa shape index (κ3) is 3.37. The first-order valence-electron chi connectivity index (χ1n) is 7.09. The van der Waals surface area contributed by atoms with Gasteiger partial charge in [0.1, 0.15) is 11.5 Å². The first-order chi connectivity index (χ1) is 10.1. The summed E-state index contributed by atoms with van der Waals surface area (Å²) in [5, 5.41) is 0. The van der Waals surface area contributed by atoms with Crippen LogP contribution in [0.25, 0.3) is 0 Å². The SMILES string of the molecule is COc1ccc(OC)c(CC(C)(CN)c2ccccc2)c1. The largest absolute Gasteiger partial charge is 0.497 e. The predicted octanol–water partition coefficient (Wildman–Crippen LogP) is 3.16. The quantitative estimate of drug-likeness (QED) is 0.886. The van der Waals surface area contributed by atoms with Gasteiger partial charge in [0.25, 0.3) is 0 Å². The Hall–Kier alpha value is -2.00. The lowest BCUT2D eigenvalue weighted by Gasteiger charge is -2.29. The molecule has 0 aliphatic heterocycles. The number of hydrogen-bond donors (Lipinski definition) is 1. The molecule has 1 unspecified atom stereocenters. The van der Waals surface area contributed by atoms with Crippen molar-refractivity contribution < 1.29 is 9.47 Å². The molecule has 3 nitrogen and oxygen atoms in total. The Morgan fingerprint density at radius 1 is 1.00 bits per heavy atom. The Labute approximate surface area is 126 Å². The van der Waals surface area contributed by atoms with Crippen molar-refractivity contribution in [1.29, 1.82) is 0 Å². The fourth-order valence-corrected chi connectivity index (χ4v) is 2.57. The van der Waals surface area contributed by atoms with Crippen LogP contribution in [0.4, 0.5) is 0 Å². The summed E-state index contributed by atoms with van der Waals surface area (Å²) in [5.41, 5.74) is 8.28. The highest BCUT2D eigenvalue weighted by atomic mass is 16.5. The van der Waals surface area contributed by atoms with E-state index in [1.165, 1.54) is 5.56 Å². The van der Waals surface area contributed by atoms with Gasteiger partial charge in [-0.2, -0.15) is 0 Å². The minimum absolute atomic E-state index is 0.138. The summed E-state index contributed by atoms with van der Waals surface area (Å²) < 4.78 is 10.8. The number of rotatable bonds is 6. The number of nitrogens with two attached hydrogens (primary N) is 1. The second-order valence-electron chi connectivity index (χ2n) is 5.49. The van der Waals surface area contributed by atoms with Crippen molar-refractivity contribution in [3.05, 3.63) is 59.7 Å². The van der Waals surface area contributed by atoms with Crippen LogP contribution in [0.15, 0.2) is 48.5 Å². The topological polar surface area (TPSA) is 44.5 Å². The highest BCUT2D eigenvalue weighted by Crippen LogP contribution is 2.33. The summed E-state index contributed by atoms with van der Waals surface area (Å²) in [4.78, 5) is 0. The average molecular weight is 285 g/mol. The summed E-state index contributed by atoms with van der Waals surface area (Å²) in [5.74, 6) is 1.70. The molecule has 0 saturated heterocycles. The van der Waals surface area contributed by atoms with Crippen molar-refractivity contribution in [3.63, 3.8) is 0 Å². The maximum Gasteiger partial charge on any atom is 0.122 e. The molecule has 0 radical (unpaired) electrons. The van der Waals surface area contributed by atoms with Crippen LogP contribution in [0.2, 0.25) is 0 Å². The predicted molar refractivity (Wildman–Crippen MR) is 86.1 cm³/mol. The van der Waals surface area contributed by atoms with Crippen molar-refractivity contribution in [2.24, 2.45) is 5.73 Å². The second kappa shape index (κ2) is 6.64. The molecule has 0 bridgehead atoms. The van der Waals surface area contributed by atoms with Crippen molar-refractivity contribution in [2.45, 2.75) is 18.8 Å². The summed E-state index contributed by atoms with van der Waals surface area (Å²) in [6, 6.07) is 16.2. The molecule has 1 atom stereocenters. The van der Waals surface area contributed by atoms with Crippen LogP contribution in [0, 0.1) is 0 Å². The van der Waals surface area contributed by atoms with Crippen LogP contribution < -0.4 is 15.2 Å². The van der Waals surface area contributed by atoms with E-state index in [-0.39, 0.29) is 5.41 Å². The van der Waals surface area contributed by atoms with Crippen LogP contribution in [0.5, 0.6) is 11.5 Å². The van der Waals surface area contributed by atoms with Crippen molar-refractivity contribution in [3.8, 4) is 11.5 Å². The summed E-state index contributed by atoms with van der Waals surface area (Å²) in [6.45, 7) is 2.75. The lowest BCUT2D eigenvalue weighted by molar-refractivity contribution is 0.390.